The predicted octanol–water partition coefficient (Wildman–Crippen LogP) is 3.06. The fraction of sp³-hybridized carbons (Fsp3) is 0.375. The molecule has 0 aliphatic rings. The molecule has 0 aliphatic carbocycles. The van der Waals surface area contributed by atoms with Crippen LogP contribution in [0.3, 0.4) is 0 Å². The van der Waals surface area contributed by atoms with E-state index in [1.807, 2.05) is 0 Å². The molecule has 3 atom stereocenters. The van der Waals surface area contributed by atoms with Gasteiger partial charge in [-0.2, -0.15) is 0 Å². The van der Waals surface area contributed by atoms with Crippen molar-refractivity contribution in [1.29, 1.82) is 0 Å². The van der Waals surface area contributed by atoms with E-state index >= 15 is 0 Å². The second-order valence-corrected chi connectivity index (χ2v) is 7.42. The molecule has 0 spiro atoms. The van der Waals surface area contributed by atoms with Gasteiger partial charge in [0.1, 0.15) is 6.04 Å². The van der Waals surface area contributed by atoms with Gasteiger partial charge in [-0.3, -0.25) is 9.59 Å². The third kappa shape index (κ3) is 7.53. The fourth-order valence-corrected chi connectivity index (χ4v) is 3.26. The smallest absolute Gasteiger partial charge is 0.326 e. The highest BCUT2D eigenvalue weighted by atomic mass is 16.4. The van der Waals surface area contributed by atoms with Crippen molar-refractivity contribution in [2.24, 2.45) is 0 Å². The van der Waals surface area contributed by atoms with E-state index in [2.05, 4.69) is 17.6 Å². The summed E-state index contributed by atoms with van der Waals surface area (Å²) in [5.74, 6) is -2.44. The average molecular weight is 427 g/mol. The van der Waals surface area contributed by atoms with Crippen LogP contribution in [0.2, 0.25) is 0 Å². The Hall–Kier alpha value is -3.19. The summed E-state index contributed by atoms with van der Waals surface area (Å²) in [6, 6.07) is 14.9. The molecule has 0 unspecified atom stereocenters. The van der Waals surface area contributed by atoms with Gasteiger partial charge in [-0.05, 0) is 24.1 Å². The molecule has 0 radical (unpaired) electrons. The Kier molecular flexibility index (Phi) is 9.71. The number of carbonyl (C=O) groups excluding carboxylic acids is 2. The van der Waals surface area contributed by atoms with Gasteiger partial charge in [0.2, 0.25) is 0 Å². The highest BCUT2D eigenvalue weighted by Gasteiger charge is 2.32. The third-order valence-electron chi connectivity index (χ3n) is 5.03. The van der Waals surface area contributed by atoms with E-state index < -0.39 is 36.0 Å². The van der Waals surface area contributed by atoms with E-state index in [-0.39, 0.29) is 6.42 Å². The molecule has 2 aromatic carbocycles. The highest BCUT2D eigenvalue weighted by Crippen LogP contribution is 2.19. The maximum Gasteiger partial charge on any atom is 0.326 e. The van der Waals surface area contributed by atoms with E-state index in [0.29, 0.717) is 17.5 Å². The number of aliphatic hydroxyl groups excluding tert-OH is 1. The first kappa shape index (κ1) is 24.1. The first-order valence-corrected chi connectivity index (χ1v) is 10.6. The van der Waals surface area contributed by atoms with Crippen molar-refractivity contribution >= 4 is 17.8 Å². The van der Waals surface area contributed by atoms with Crippen LogP contribution >= 0.6 is 0 Å². The lowest BCUT2D eigenvalue weighted by molar-refractivity contribution is -0.144. The van der Waals surface area contributed by atoms with E-state index in [1.165, 1.54) is 0 Å². The zero-order valence-corrected chi connectivity index (χ0v) is 17.7. The minimum absolute atomic E-state index is 0.278. The quantitative estimate of drug-likeness (QED) is 0.389. The van der Waals surface area contributed by atoms with Gasteiger partial charge < -0.3 is 20.8 Å². The largest absolute Gasteiger partial charge is 0.480 e. The molecular weight excluding hydrogens is 396 g/mol. The molecule has 0 aromatic heterocycles. The summed E-state index contributed by atoms with van der Waals surface area (Å²) < 4.78 is 0. The first-order chi connectivity index (χ1) is 14.9. The van der Waals surface area contributed by atoms with E-state index in [1.54, 1.807) is 60.7 Å². The Morgan fingerprint density at radius 1 is 0.871 bits per heavy atom. The highest BCUT2D eigenvalue weighted by molar-refractivity contribution is 5.95. The lowest BCUT2D eigenvalue weighted by Gasteiger charge is -2.25. The van der Waals surface area contributed by atoms with Crippen LogP contribution < -0.4 is 10.6 Å². The van der Waals surface area contributed by atoms with Crippen LogP contribution in [0.5, 0.6) is 0 Å². The van der Waals surface area contributed by atoms with Crippen molar-refractivity contribution in [3.05, 3.63) is 71.8 Å². The number of amides is 2. The van der Waals surface area contributed by atoms with Crippen molar-refractivity contribution in [1.82, 2.24) is 10.6 Å². The summed E-state index contributed by atoms with van der Waals surface area (Å²) in [6.45, 7) is 2.06. The Morgan fingerprint density at radius 3 is 2.06 bits per heavy atom. The number of rotatable bonds is 12. The molecule has 166 valence electrons. The van der Waals surface area contributed by atoms with E-state index in [9.17, 15) is 24.6 Å². The summed E-state index contributed by atoms with van der Waals surface area (Å²) in [5, 5.41) is 25.3. The number of carbonyl (C=O) groups is 3. The summed E-state index contributed by atoms with van der Waals surface area (Å²) >= 11 is 0. The van der Waals surface area contributed by atoms with E-state index in [4.69, 9.17) is 0 Å². The maximum absolute atomic E-state index is 12.7. The van der Waals surface area contributed by atoms with Crippen LogP contribution in [0.4, 0.5) is 0 Å². The van der Waals surface area contributed by atoms with E-state index in [0.717, 1.165) is 19.3 Å². The SMILES string of the molecule is CCCCCC[C@H](NC(=O)[C@H](O)[C@@H](NC(=O)c1ccccc1)c1ccccc1)C(=O)O. The Labute approximate surface area is 182 Å². The molecule has 0 fully saturated rings. The molecule has 0 saturated carbocycles. The van der Waals surface area contributed by atoms with Gasteiger partial charge >= 0.3 is 5.97 Å². The lowest BCUT2D eigenvalue weighted by atomic mass is 9.99. The van der Waals surface area contributed by atoms with Crippen LogP contribution in [0.1, 0.15) is 61.0 Å². The third-order valence-corrected chi connectivity index (χ3v) is 5.03. The van der Waals surface area contributed by atoms with Crippen molar-refractivity contribution in [3.8, 4) is 0 Å². The standard InChI is InChI=1S/C24H30N2O5/c1-2-3-4-11-16-19(24(30)31)25-23(29)21(27)20(17-12-7-5-8-13-17)26-22(28)18-14-9-6-10-15-18/h5-10,12-15,19-21,27H,2-4,11,16H2,1H3,(H,25,29)(H,26,28)(H,30,31)/t19-,20-,21+/m0/s1. The molecule has 2 amide bonds. The zero-order chi connectivity index (χ0) is 22.6. The number of benzene rings is 2. The summed E-state index contributed by atoms with van der Waals surface area (Å²) in [7, 11) is 0. The molecule has 7 heteroatoms. The van der Waals surface area contributed by atoms with Crippen molar-refractivity contribution < 1.29 is 24.6 Å². The number of aliphatic carboxylic acids is 1. The van der Waals surface area contributed by atoms with Crippen LogP contribution in [-0.2, 0) is 9.59 Å². The van der Waals surface area contributed by atoms with Gasteiger partial charge in [0.25, 0.3) is 11.8 Å². The number of carboxylic acids is 1. The number of hydrogen-bond donors (Lipinski definition) is 4. The minimum Gasteiger partial charge on any atom is -0.480 e. The first-order valence-electron chi connectivity index (χ1n) is 10.6. The van der Waals surface area contributed by atoms with Gasteiger partial charge in [-0.25, -0.2) is 4.79 Å². The van der Waals surface area contributed by atoms with Gasteiger partial charge in [-0.1, -0.05) is 81.1 Å². The molecular formula is C24H30N2O5. The number of nitrogens with one attached hydrogen (secondary N) is 2. The van der Waals surface area contributed by atoms with Crippen LogP contribution in [-0.4, -0.2) is 40.1 Å². The van der Waals surface area contributed by atoms with Gasteiger partial charge in [-0.15, -0.1) is 0 Å². The molecule has 0 bridgehead atoms. The summed E-state index contributed by atoms with van der Waals surface area (Å²) in [6.07, 6.45) is 2.16. The summed E-state index contributed by atoms with van der Waals surface area (Å²) in [5.41, 5.74) is 0.916. The van der Waals surface area contributed by atoms with Crippen LogP contribution in [0.15, 0.2) is 60.7 Å². The topological polar surface area (TPSA) is 116 Å². The summed E-state index contributed by atoms with van der Waals surface area (Å²) in [4.78, 5) is 36.9. The Bertz CT molecular complexity index is 842. The Morgan fingerprint density at radius 2 is 1.48 bits per heavy atom. The number of hydrogen-bond acceptors (Lipinski definition) is 4. The zero-order valence-electron chi connectivity index (χ0n) is 17.7. The number of aliphatic hydroxyl groups is 1. The Balaban J connectivity index is 2.13. The van der Waals surface area contributed by atoms with Crippen molar-refractivity contribution in [3.63, 3.8) is 0 Å². The van der Waals surface area contributed by atoms with Crippen molar-refractivity contribution in [2.45, 2.75) is 57.2 Å². The molecule has 0 saturated heterocycles. The fourth-order valence-electron chi connectivity index (χ4n) is 3.26. The average Bonchev–Trinajstić information content (AvgIpc) is 2.79. The molecule has 31 heavy (non-hydrogen) atoms. The van der Waals surface area contributed by atoms with Crippen molar-refractivity contribution in [2.75, 3.05) is 0 Å². The van der Waals surface area contributed by atoms with Crippen LogP contribution in [0, 0.1) is 0 Å². The number of unbranched alkanes of at least 4 members (excludes halogenated alkanes) is 3. The van der Waals surface area contributed by atoms with Gasteiger partial charge in [0.05, 0.1) is 6.04 Å². The lowest BCUT2D eigenvalue weighted by Crippen LogP contribution is -2.50. The molecule has 7 nitrogen and oxygen atoms in total. The number of carboxylic acid groups (broad SMARTS) is 1. The molecule has 2 aromatic rings. The second-order valence-electron chi connectivity index (χ2n) is 7.42. The predicted molar refractivity (Wildman–Crippen MR) is 117 cm³/mol. The van der Waals surface area contributed by atoms with Gasteiger partial charge in [0.15, 0.2) is 6.10 Å². The maximum atomic E-state index is 12.7. The van der Waals surface area contributed by atoms with Crippen LogP contribution in [0.25, 0.3) is 0 Å². The van der Waals surface area contributed by atoms with Gasteiger partial charge in [0, 0.05) is 5.56 Å². The molecule has 0 aliphatic heterocycles. The molecule has 2 rings (SSSR count). The second kappa shape index (κ2) is 12.5. The molecule has 0 heterocycles. The monoisotopic (exact) mass is 426 g/mol. The molecule has 4 N–H and O–H groups in total. The minimum atomic E-state index is -1.66. The normalized spacial score (nSPS) is 13.6.